The lowest BCUT2D eigenvalue weighted by Crippen LogP contribution is -2.05. The van der Waals surface area contributed by atoms with Crippen LogP contribution in [0.1, 0.15) is 35.4 Å². The number of nitrogens with zero attached hydrogens (tertiary/aromatic N) is 3. The molecule has 1 N–H and O–H groups in total. The summed E-state index contributed by atoms with van der Waals surface area (Å²) in [5.41, 5.74) is 2.35. The molecule has 0 saturated carbocycles. The van der Waals surface area contributed by atoms with Crippen molar-refractivity contribution in [3.05, 3.63) is 40.7 Å². The molecule has 2 aromatic heterocycles. The van der Waals surface area contributed by atoms with Crippen LogP contribution in [0.15, 0.2) is 16.7 Å². The molecule has 0 aliphatic rings. The molecular formula is C14H16N4O. The fourth-order valence-corrected chi connectivity index (χ4v) is 1.86. The molecule has 98 valence electrons. The molecule has 2 aromatic rings. The summed E-state index contributed by atoms with van der Waals surface area (Å²) in [4.78, 5) is 8.51. The second kappa shape index (κ2) is 5.53. The number of nitrogens with one attached hydrogen (secondary N) is 1. The molecule has 0 saturated heterocycles. The van der Waals surface area contributed by atoms with Crippen molar-refractivity contribution in [1.29, 1.82) is 5.26 Å². The van der Waals surface area contributed by atoms with E-state index in [0.717, 1.165) is 23.4 Å². The molecule has 0 radical (unpaired) electrons. The lowest BCUT2D eigenvalue weighted by atomic mass is 10.1. The van der Waals surface area contributed by atoms with E-state index in [2.05, 4.69) is 21.4 Å². The Morgan fingerprint density at radius 2 is 2.21 bits per heavy atom. The number of rotatable bonds is 4. The van der Waals surface area contributed by atoms with Gasteiger partial charge in [0.2, 0.25) is 5.89 Å². The first-order valence-electron chi connectivity index (χ1n) is 6.19. The number of nitriles is 1. The van der Waals surface area contributed by atoms with E-state index in [-0.39, 0.29) is 0 Å². The molecule has 2 rings (SSSR count). The first-order chi connectivity index (χ1) is 9.13. The van der Waals surface area contributed by atoms with Gasteiger partial charge in [-0.2, -0.15) is 5.26 Å². The average Bonchev–Trinajstić information content (AvgIpc) is 2.83. The monoisotopic (exact) mass is 256 g/mol. The number of hydrogen-bond donors (Lipinski definition) is 1. The summed E-state index contributed by atoms with van der Waals surface area (Å²) >= 11 is 0. The molecule has 0 aliphatic heterocycles. The maximum Gasteiger partial charge on any atom is 0.213 e. The van der Waals surface area contributed by atoms with Gasteiger partial charge in [0.05, 0.1) is 18.3 Å². The molecule has 2 heterocycles. The van der Waals surface area contributed by atoms with E-state index < -0.39 is 0 Å². The normalized spacial score (nSPS) is 10.2. The van der Waals surface area contributed by atoms with Crippen molar-refractivity contribution in [3.63, 3.8) is 0 Å². The van der Waals surface area contributed by atoms with Crippen molar-refractivity contribution in [2.75, 3.05) is 5.32 Å². The molecule has 0 bridgehead atoms. The van der Waals surface area contributed by atoms with Crippen molar-refractivity contribution in [2.45, 2.75) is 33.7 Å². The Kier molecular flexibility index (Phi) is 3.81. The van der Waals surface area contributed by atoms with Gasteiger partial charge < -0.3 is 9.73 Å². The fraction of sp³-hybridized carbons (Fsp3) is 0.357. The minimum absolute atomic E-state index is 0.421. The van der Waals surface area contributed by atoms with E-state index in [4.69, 9.17) is 9.68 Å². The van der Waals surface area contributed by atoms with E-state index in [1.807, 2.05) is 26.8 Å². The predicted molar refractivity (Wildman–Crippen MR) is 71.6 cm³/mol. The molecule has 0 aliphatic carbocycles. The summed E-state index contributed by atoms with van der Waals surface area (Å²) in [6, 6.07) is 4.06. The number of hydrogen-bond acceptors (Lipinski definition) is 5. The molecule has 5 nitrogen and oxygen atoms in total. The second-order valence-electron chi connectivity index (χ2n) is 4.34. The lowest BCUT2D eigenvalue weighted by molar-refractivity contribution is 0.465. The zero-order valence-corrected chi connectivity index (χ0v) is 11.3. The van der Waals surface area contributed by atoms with Gasteiger partial charge >= 0.3 is 0 Å². The largest absolute Gasteiger partial charge is 0.444 e. The van der Waals surface area contributed by atoms with Gasteiger partial charge in [-0.3, -0.25) is 0 Å². The first kappa shape index (κ1) is 13.1. The highest BCUT2D eigenvalue weighted by Gasteiger charge is 2.09. The third-order valence-electron chi connectivity index (χ3n) is 2.81. The van der Waals surface area contributed by atoms with E-state index in [9.17, 15) is 0 Å². The van der Waals surface area contributed by atoms with Gasteiger partial charge in [-0.1, -0.05) is 6.92 Å². The molecule has 5 heteroatoms. The van der Waals surface area contributed by atoms with Gasteiger partial charge in [-0.15, -0.1) is 0 Å². The fourth-order valence-electron chi connectivity index (χ4n) is 1.86. The Bertz CT molecular complexity index is 625. The highest BCUT2D eigenvalue weighted by atomic mass is 16.4. The zero-order valence-electron chi connectivity index (χ0n) is 11.3. The Hall–Kier alpha value is -2.35. The van der Waals surface area contributed by atoms with E-state index in [1.54, 1.807) is 6.20 Å². The van der Waals surface area contributed by atoms with Crippen LogP contribution in [0.5, 0.6) is 0 Å². The van der Waals surface area contributed by atoms with Crippen LogP contribution in [0.4, 0.5) is 5.82 Å². The summed E-state index contributed by atoms with van der Waals surface area (Å²) in [5.74, 6) is 2.03. The molecule has 0 unspecified atom stereocenters. The first-order valence-corrected chi connectivity index (χ1v) is 6.19. The SMILES string of the molecule is CCc1cnc(CNc2nc(C)cc(C)c2C#N)o1. The number of pyridine rings is 1. The van der Waals surface area contributed by atoms with Crippen LogP contribution in [0.2, 0.25) is 0 Å². The molecule has 19 heavy (non-hydrogen) atoms. The Morgan fingerprint density at radius 1 is 1.42 bits per heavy atom. The van der Waals surface area contributed by atoms with Crippen molar-refractivity contribution >= 4 is 5.82 Å². The van der Waals surface area contributed by atoms with Crippen molar-refractivity contribution in [1.82, 2.24) is 9.97 Å². The maximum atomic E-state index is 9.16. The van der Waals surface area contributed by atoms with Crippen molar-refractivity contribution in [3.8, 4) is 6.07 Å². The Morgan fingerprint density at radius 3 is 2.84 bits per heavy atom. The van der Waals surface area contributed by atoms with Crippen LogP contribution in [-0.4, -0.2) is 9.97 Å². The molecule has 0 amide bonds. The molecule has 0 spiro atoms. The van der Waals surface area contributed by atoms with Crippen LogP contribution in [0.3, 0.4) is 0 Å². The molecule has 0 aromatic carbocycles. The quantitative estimate of drug-likeness (QED) is 0.910. The van der Waals surface area contributed by atoms with Gasteiger partial charge in [0.15, 0.2) is 0 Å². The maximum absolute atomic E-state index is 9.16. The topological polar surface area (TPSA) is 74.7 Å². The smallest absolute Gasteiger partial charge is 0.213 e. The summed E-state index contributed by atoms with van der Waals surface area (Å²) in [6.45, 7) is 6.24. The number of anilines is 1. The van der Waals surface area contributed by atoms with Gasteiger partial charge in [0.1, 0.15) is 17.6 Å². The summed E-state index contributed by atoms with van der Waals surface area (Å²) in [6.07, 6.45) is 2.54. The minimum Gasteiger partial charge on any atom is -0.444 e. The standard InChI is InChI=1S/C14H16N4O/c1-4-11-7-16-13(19-11)8-17-14-12(6-15)9(2)5-10(3)18-14/h5,7H,4,8H2,1-3H3,(H,17,18). The van der Waals surface area contributed by atoms with Crippen molar-refractivity contribution < 1.29 is 4.42 Å². The van der Waals surface area contributed by atoms with Crippen LogP contribution < -0.4 is 5.32 Å². The Balaban J connectivity index is 2.17. The molecular weight excluding hydrogens is 240 g/mol. The van der Waals surface area contributed by atoms with Crippen LogP contribution in [0, 0.1) is 25.2 Å². The molecule has 0 fully saturated rings. The van der Waals surface area contributed by atoms with Gasteiger partial charge in [0, 0.05) is 12.1 Å². The van der Waals surface area contributed by atoms with E-state index in [1.165, 1.54) is 0 Å². The lowest BCUT2D eigenvalue weighted by Gasteiger charge is -2.08. The van der Waals surface area contributed by atoms with Crippen LogP contribution in [-0.2, 0) is 13.0 Å². The summed E-state index contributed by atoms with van der Waals surface area (Å²) in [5, 5.41) is 12.3. The Labute approximate surface area is 112 Å². The van der Waals surface area contributed by atoms with Gasteiger partial charge in [-0.05, 0) is 25.5 Å². The van der Waals surface area contributed by atoms with Gasteiger partial charge in [-0.25, -0.2) is 9.97 Å². The zero-order chi connectivity index (χ0) is 13.8. The molecule has 0 atom stereocenters. The minimum atomic E-state index is 0.421. The van der Waals surface area contributed by atoms with E-state index >= 15 is 0 Å². The highest BCUT2D eigenvalue weighted by Crippen LogP contribution is 2.18. The third kappa shape index (κ3) is 2.91. The van der Waals surface area contributed by atoms with Gasteiger partial charge in [0.25, 0.3) is 0 Å². The highest BCUT2D eigenvalue weighted by molar-refractivity contribution is 5.56. The second-order valence-corrected chi connectivity index (χ2v) is 4.34. The van der Waals surface area contributed by atoms with Crippen LogP contribution >= 0.6 is 0 Å². The predicted octanol–water partition coefficient (Wildman–Crippen LogP) is 2.73. The van der Waals surface area contributed by atoms with Crippen LogP contribution in [0.25, 0.3) is 0 Å². The average molecular weight is 256 g/mol. The number of aryl methyl sites for hydroxylation is 3. The number of oxazole rings is 1. The number of aromatic nitrogens is 2. The van der Waals surface area contributed by atoms with E-state index in [0.29, 0.717) is 23.8 Å². The summed E-state index contributed by atoms with van der Waals surface area (Å²) < 4.78 is 5.50. The van der Waals surface area contributed by atoms with Crippen molar-refractivity contribution in [2.24, 2.45) is 0 Å². The third-order valence-corrected chi connectivity index (χ3v) is 2.81. The summed E-state index contributed by atoms with van der Waals surface area (Å²) in [7, 11) is 0.